The largest absolute Gasteiger partial charge is 0.508 e. The molecule has 1 unspecified atom stereocenters. The molecule has 7 heteroatoms. The summed E-state index contributed by atoms with van der Waals surface area (Å²) in [5.41, 5.74) is 1.73. The summed E-state index contributed by atoms with van der Waals surface area (Å²) in [6.07, 6.45) is 0.0411. The van der Waals surface area contributed by atoms with Gasteiger partial charge in [-0.2, -0.15) is 0 Å². The highest BCUT2D eigenvalue weighted by Crippen LogP contribution is 2.31. The summed E-state index contributed by atoms with van der Waals surface area (Å²) in [7, 11) is 0. The Morgan fingerprint density at radius 3 is 2.54 bits per heavy atom. The number of hydrogen-bond donors (Lipinski definition) is 2. The van der Waals surface area contributed by atoms with Gasteiger partial charge in [-0.25, -0.2) is 4.90 Å². The number of halogens is 2. The Hall–Kier alpha value is -2.24. The number of anilines is 2. The van der Waals surface area contributed by atoms with E-state index in [0.717, 1.165) is 4.90 Å². The Morgan fingerprint density at radius 1 is 1.12 bits per heavy atom. The molecule has 3 rings (SSSR count). The lowest BCUT2D eigenvalue weighted by Crippen LogP contribution is -2.35. The molecule has 2 N–H and O–H groups in total. The number of imide groups is 1. The Morgan fingerprint density at radius 2 is 1.88 bits per heavy atom. The molecule has 2 aromatic carbocycles. The highest BCUT2D eigenvalue weighted by atomic mass is 35.5. The van der Waals surface area contributed by atoms with Crippen LogP contribution in [0.15, 0.2) is 36.4 Å². The van der Waals surface area contributed by atoms with Crippen LogP contribution in [0.3, 0.4) is 0 Å². The number of rotatable bonds is 3. The van der Waals surface area contributed by atoms with Crippen LogP contribution in [0.25, 0.3) is 0 Å². The lowest BCUT2D eigenvalue weighted by atomic mass is 10.1. The minimum Gasteiger partial charge on any atom is -0.508 e. The fourth-order valence-electron chi connectivity index (χ4n) is 2.68. The zero-order chi connectivity index (χ0) is 17.4. The molecule has 2 amide bonds. The summed E-state index contributed by atoms with van der Waals surface area (Å²) in [5.74, 6) is -0.563. The maximum Gasteiger partial charge on any atom is 0.256 e. The summed E-state index contributed by atoms with van der Waals surface area (Å²) in [6, 6.07) is 8.76. The zero-order valence-electron chi connectivity index (χ0n) is 12.7. The normalized spacial score (nSPS) is 17.5. The average Bonchev–Trinajstić information content (AvgIpc) is 2.78. The highest BCUT2D eigenvalue weighted by Gasteiger charge is 2.40. The number of aryl methyl sites for hydroxylation is 1. The molecule has 1 fully saturated rings. The van der Waals surface area contributed by atoms with E-state index in [1.807, 2.05) is 0 Å². The molecule has 5 nitrogen and oxygen atoms in total. The van der Waals surface area contributed by atoms with Crippen molar-refractivity contribution in [2.24, 2.45) is 0 Å². The third-order valence-electron chi connectivity index (χ3n) is 3.83. The van der Waals surface area contributed by atoms with E-state index in [1.165, 1.54) is 12.1 Å². The smallest absolute Gasteiger partial charge is 0.256 e. The molecule has 1 saturated heterocycles. The van der Waals surface area contributed by atoms with Crippen LogP contribution in [0.4, 0.5) is 11.4 Å². The molecule has 0 aromatic heterocycles. The van der Waals surface area contributed by atoms with Crippen LogP contribution in [0, 0.1) is 6.92 Å². The molecule has 0 bridgehead atoms. The van der Waals surface area contributed by atoms with Crippen LogP contribution in [-0.2, 0) is 9.59 Å². The van der Waals surface area contributed by atoms with E-state index in [9.17, 15) is 14.7 Å². The standard InChI is InChI=1S/C17H14Cl2N2O3/c1-9-6-11(22)3-5-15(9)21-16(23)8-14(17(21)24)20-10-2-4-12(18)13(19)7-10/h2-7,14,20,22H,8H2,1H3. The van der Waals surface area contributed by atoms with Crippen molar-refractivity contribution in [1.82, 2.24) is 0 Å². The van der Waals surface area contributed by atoms with Gasteiger partial charge in [-0.1, -0.05) is 23.2 Å². The first-order valence-electron chi connectivity index (χ1n) is 7.25. The first-order chi connectivity index (χ1) is 11.4. The number of benzene rings is 2. The molecular formula is C17H14Cl2N2O3. The fourth-order valence-corrected chi connectivity index (χ4v) is 2.97. The van der Waals surface area contributed by atoms with E-state index in [4.69, 9.17) is 23.2 Å². The topological polar surface area (TPSA) is 69.6 Å². The van der Waals surface area contributed by atoms with E-state index < -0.39 is 6.04 Å². The maximum atomic E-state index is 12.6. The maximum absolute atomic E-state index is 12.6. The lowest BCUT2D eigenvalue weighted by molar-refractivity contribution is -0.121. The van der Waals surface area contributed by atoms with Crippen LogP contribution in [0.2, 0.25) is 10.0 Å². The van der Waals surface area contributed by atoms with Gasteiger partial charge in [0.2, 0.25) is 5.91 Å². The van der Waals surface area contributed by atoms with E-state index in [-0.39, 0.29) is 24.0 Å². The van der Waals surface area contributed by atoms with Gasteiger partial charge in [0.05, 0.1) is 22.2 Å². The number of amides is 2. The van der Waals surface area contributed by atoms with E-state index in [0.29, 0.717) is 27.0 Å². The van der Waals surface area contributed by atoms with Crippen LogP contribution in [-0.4, -0.2) is 23.0 Å². The predicted molar refractivity (Wildman–Crippen MR) is 93.8 cm³/mol. The van der Waals surface area contributed by atoms with Gasteiger partial charge in [0.1, 0.15) is 11.8 Å². The van der Waals surface area contributed by atoms with Gasteiger partial charge in [-0.3, -0.25) is 9.59 Å². The monoisotopic (exact) mass is 364 g/mol. The SMILES string of the molecule is Cc1cc(O)ccc1N1C(=O)CC(Nc2ccc(Cl)c(Cl)c2)C1=O. The Kier molecular flexibility index (Phi) is 4.39. The first-order valence-corrected chi connectivity index (χ1v) is 8.00. The summed E-state index contributed by atoms with van der Waals surface area (Å²) in [6.45, 7) is 1.73. The minimum absolute atomic E-state index is 0.0411. The summed E-state index contributed by atoms with van der Waals surface area (Å²) >= 11 is 11.8. The molecule has 24 heavy (non-hydrogen) atoms. The fraction of sp³-hybridized carbons (Fsp3) is 0.176. The van der Waals surface area contributed by atoms with Gasteiger partial charge in [0.15, 0.2) is 0 Å². The van der Waals surface area contributed by atoms with Gasteiger partial charge < -0.3 is 10.4 Å². The lowest BCUT2D eigenvalue weighted by Gasteiger charge is -2.18. The average molecular weight is 365 g/mol. The van der Waals surface area contributed by atoms with Crippen molar-refractivity contribution < 1.29 is 14.7 Å². The van der Waals surface area contributed by atoms with Crippen LogP contribution in [0.5, 0.6) is 5.75 Å². The zero-order valence-corrected chi connectivity index (χ0v) is 14.2. The van der Waals surface area contributed by atoms with E-state index in [1.54, 1.807) is 31.2 Å². The Balaban J connectivity index is 1.84. The van der Waals surface area contributed by atoms with Crippen molar-refractivity contribution in [1.29, 1.82) is 0 Å². The Bertz CT molecular complexity index is 839. The van der Waals surface area contributed by atoms with Crippen molar-refractivity contribution in [2.45, 2.75) is 19.4 Å². The number of aromatic hydroxyl groups is 1. The molecule has 0 spiro atoms. The van der Waals surface area contributed by atoms with Crippen molar-refractivity contribution >= 4 is 46.4 Å². The predicted octanol–water partition coefficient (Wildman–Crippen LogP) is 3.75. The minimum atomic E-state index is -0.678. The van der Waals surface area contributed by atoms with Crippen LogP contribution >= 0.6 is 23.2 Å². The molecular weight excluding hydrogens is 351 g/mol. The third-order valence-corrected chi connectivity index (χ3v) is 4.57. The van der Waals surface area contributed by atoms with Crippen LogP contribution in [0.1, 0.15) is 12.0 Å². The van der Waals surface area contributed by atoms with Crippen molar-refractivity contribution in [3.05, 3.63) is 52.0 Å². The molecule has 1 aliphatic heterocycles. The van der Waals surface area contributed by atoms with Crippen molar-refractivity contribution in [2.75, 3.05) is 10.2 Å². The summed E-state index contributed by atoms with van der Waals surface area (Å²) < 4.78 is 0. The Labute approximate surface area is 148 Å². The number of nitrogens with zero attached hydrogens (tertiary/aromatic N) is 1. The molecule has 0 radical (unpaired) electrons. The molecule has 1 aliphatic rings. The number of carbonyl (C=O) groups excluding carboxylic acids is 2. The third kappa shape index (κ3) is 3.05. The number of nitrogens with one attached hydrogen (secondary N) is 1. The number of hydrogen-bond acceptors (Lipinski definition) is 4. The molecule has 0 saturated carbocycles. The van der Waals surface area contributed by atoms with Crippen LogP contribution < -0.4 is 10.2 Å². The second kappa shape index (κ2) is 6.34. The van der Waals surface area contributed by atoms with Gasteiger partial charge in [0, 0.05) is 5.69 Å². The number of carbonyl (C=O) groups is 2. The second-order valence-corrected chi connectivity index (χ2v) is 6.38. The molecule has 0 aliphatic carbocycles. The molecule has 2 aromatic rings. The second-order valence-electron chi connectivity index (χ2n) is 5.57. The first kappa shape index (κ1) is 16.6. The highest BCUT2D eigenvalue weighted by molar-refractivity contribution is 6.42. The van der Waals surface area contributed by atoms with Gasteiger partial charge in [0.25, 0.3) is 5.91 Å². The van der Waals surface area contributed by atoms with Crippen molar-refractivity contribution in [3.8, 4) is 5.75 Å². The van der Waals surface area contributed by atoms with E-state index in [2.05, 4.69) is 5.32 Å². The van der Waals surface area contributed by atoms with Gasteiger partial charge >= 0.3 is 0 Å². The summed E-state index contributed by atoms with van der Waals surface area (Å²) in [4.78, 5) is 26.1. The van der Waals surface area contributed by atoms with Crippen molar-refractivity contribution in [3.63, 3.8) is 0 Å². The quantitative estimate of drug-likeness (QED) is 0.813. The van der Waals surface area contributed by atoms with Gasteiger partial charge in [-0.15, -0.1) is 0 Å². The van der Waals surface area contributed by atoms with Gasteiger partial charge in [-0.05, 0) is 48.9 Å². The molecule has 124 valence electrons. The molecule has 1 heterocycles. The number of phenolic OH excluding ortho intramolecular Hbond substituents is 1. The molecule has 1 atom stereocenters. The summed E-state index contributed by atoms with van der Waals surface area (Å²) in [5, 5.41) is 13.3. The number of phenols is 1. The van der Waals surface area contributed by atoms with E-state index >= 15 is 0 Å².